The quantitative estimate of drug-likeness (QED) is 0.861. The maximum absolute atomic E-state index is 12.1. The molecule has 0 spiro atoms. The molecule has 1 saturated heterocycles. The maximum Gasteiger partial charge on any atom is 0.307 e. The van der Waals surface area contributed by atoms with E-state index in [9.17, 15) is 9.59 Å². The number of ketones is 1. The number of aliphatic carboxylic acids is 1. The zero-order valence-corrected chi connectivity index (χ0v) is 11.3. The van der Waals surface area contributed by atoms with Gasteiger partial charge in [-0.25, -0.2) is 0 Å². The van der Waals surface area contributed by atoms with Crippen molar-refractivity contribution in [1.29, 1.82) is 0 Å². The molecule has 0 bridgehead atoms. The number of carboxylic acid groups (broad SMARTS) is 1. The van der Waals surface area contributed by atoms with E-state index in [1.165, 1.54) is 0 Å². The number of carboxylic acids is 1. The predicted molar refractivity (Wildman–Crippen MR) is 72.6 cm³/mol. The Labute approximate surface area is 117 Å². The molecule has 1 aliphatic rings. The molecule has 1 aliphatic heterocycles. The Bertz CT molecular complexity index is 489. The van der Waals surface area contributed by atoms with Gasteiger partial charge in [-0.15, -0.1) is 0 Å². The largest absolute Gasteiger partial charge is 0.481 e. The van der Waals surface area contributed by atoms with Crippen LogP contribution in [-0.4, -0.2) is 41.4 Å². The minimum absolute atomic E-state index is 0.0587. The van der Waals surface area contributed by atoms with Gasteiger partial charge < -0.3 is 5.11 Å². The molecule has 1 aromatic carbocycles. The van der Waals surface area contributed by atoms with Crippen molar-refractivity contribution in [2.24, 2.45) is 5.92 Å². The first kappa shape index (κ1) is 14.0. The highest BCUT2D eigenvalue weighted by molar-refractivity contribution is 6.34. The lowest BCUT2D eigenvalue weighted by Crippen LogP contribution is -2.41. The molecular formula is C14H16ClNO3. The van der Waals surface area contributed by atoms with Crippen molar-refractivity contribution in [3.8, 4) is 0 Å². The summed E-state index contributed by atoms with van der Waals surface area (Å²) >= 11 is 5.98. The average Bonchev–Trinajstić information content (AvgIpc) is 2.39. The van der Waals surface area contributed by atoms with E-state index in [-0.39, 0.29) is 18.2 Å². The molecule has 0 aliphatic carbocycles. The maximum atomic E-state index is 12.1. The number of nitrogens with zero attached hydrogens (tertiary/aromatic N) is 1. The van der Waals surface area contributed by atoms with Gasteiger partial charge in [-0.1, -0.05) is 23.7 Å². The van der Waals surface area contributed by atoms with E-state index < -0.39 is 5.97 Å². The van der Waals surface area contributed by atoms with Crippen LogP contribution in [0, 0.1) is 5.92 Å². The number of hydrogen-bond acceptors (Lipinski definition) is 3. The Morgan fingerprint density at radius 3 is 2.79 bits per heavy atom. The number of likely N-dealkylation sites (tertiary alicyclic amines) is 1. The minimum Gasteiger partial charge on any atom is -0.481 e. The molecule has 4 nitrogen and oxygen atoms in total. The summed E-state index contributed by atoms with van der Waals surface area (Å²) in [5, 5.41) is 9.46. The Morgan fingerprint density at radius 1 is 1.37 bits per heavy atom. The molecular weight excluding hydrogens is 266 g/mol. The summed E-state index contributed by atoms with van der Waals surface area (Å²) in [6.07, 6.45) is 1.50. The molecule has 1 heterocycles. The van der Waals surface area contributed by atoms with Gasteiger partial charge in [0.1, 0.15) is 0 Å². The highest BCUT2D eigenvalue weighted by Gasteiger charge is 2.26. The molecule has 1 aromatic rings. The van der Waals surface area contributed by atoms with Crippen molar-refractivity contribution < 1.29 is 14.7 Å². The van der Waals surface area contributed by atoms with Crippen LogP contribution < -0.4 is 0 Å². The van der Waals surface area contributed by atoms with Crippen molar-refractivity contribution in [1.82, 2.24) is 4.90 Å². The second-order valence-corrected chi connectivity index (χ2v) is 5.22. The molecule has 5 heteroatoms. The van der Waals surface area contributed by atoms with Crippen LogP contribution in [0.15, 0.2) is 24.3 Å². The van der Waals surface area contributed by atoms with Gasteiger partial charge in [-0.3, -0.25) is 14.5 Å². The molecule has 1 N–H and O–H groups in total. The summed E-state index contributed by atoms with van der Waals surface area (Å²) in [6, 6.07) is 6.93. The first-order valence-corrected chi connectivity index (χ1v) is 6.68. The molecule has 2 rings (SSSR count). The third-order valence-electron chi connectivity index (χ3n) is 3.40. The number of carbonyl (C=O) groups is 2. The fourth-order valence-corrected chi connectivity index (χ4v) is 2.62. The van der Waals surface area contributed by atoms with E-state index in [2.05, 4.69) is 0 Å². The SMILES string of the molecule is O=C(CN1CCCC(C(=O)O)C1)c1ccccc1Cl. The van der Waals surface area contributed by atoms with E-state index in [4.69, 9.17) is 16.7 Å². The summed E-state index contributed by atoms with van der Waals surface area (Å²) in [7, 11) is 0. The van der Waals surface area contributed by atoms with Crippen molar-refractivity contribution in [2.75, 3.05) is 19.6 Å². The molecule has 0 saturated carbocycles. The molecule has 1 unspecified atom stereocenters. The molecule has 1 fully saturated rings. The van der Waals surface area contributed by atoms with E-state index in [0.29, 0.717) is 23.6 Å². The van der Waals surface area contributed by atoms with Gasteiger partial charge >= 0.3 is 5.97 Å². The van der Waals surface area contributed by atoms with Gasteiger partial charge in [0, 0.05) is 12.1 Å². The fourth-order valence-electron chi connectivity index (χ4n) is 2.38. The molecule has 1 atom stereocenters. The van der Waals surface area contributed by atoms with Gasteiger partial charge in [-0.05, 0) is 31.5 Å². The summed E-state index contributed by atoms with van der Waals surface area (Å²) in [5.74, 6) is -1.21. The predicted octanol–water partition coefficient (Wildman–Crippen LogP) is 2.32. The molecule has 0 radical (unpaired) electrons. The number of benzene rings is 1. The van der Waals surface area contributed by atoms with Gasteiger partial charge in [0.15, 0.2) is 5.78 Å². The van der Waals surface area contributed by atoms with E-state index in [1.54, 1.807) is 24.3 Å². The zero-order valence-electron chi connectivity index (χ0n) is 10.5. The second kappa shape index (κ2) is 6.17. The highest BCUT2D eigenvalue weighted by atomic mass is 35.5. The fraction of sp³-hybridized carbons (Fsp3) is 0.429. The van der Waals surface area contributed by atoms with Gasteiger partial charge in [0.05, 0.1) is 17.5 Å². The minimum atomic E-state index is -0.783. The van der Waals surface area contributed by atoms with Crippen LogP contribution in [0.4, 0.5) is 0 Å². The number of carbonyl (C=O) groups excluding carboxylic acids is 1. The van der Waals surface area contributed by atoms with Crippen molar-refractivity contribution in [3.05, 3.63) is 34.9 Å². The third-order valence-corrected chi connectivity index (χ3v) is 3.73. The van der Waals surface area contributed by atoms with Gasteiger partial charge in [-0.2, -0.15) is 0 Å². The smallest absolute Gasteiger partial charge is 0.307 e. The lowest BCUT2D eigenvalue weighted by Gasteiger charge is -2.29. The first-order chi connectivity index (χ1) is 9.08. The number of piperidine rings is 1. The monoisotopic (exact) mass is 281 g/mol. The third kappa shape index (κ3) is 3.55. The van der Waals surface area contributed by atoms with Crippen LogP contribution in [0.25, 0.3) is 0 Å². The Balaban J connectivity index is 1.99. The molecule has 19 heavy (non-hydrogen) atoms. The van der Waals surface area contributed by atoms with E-state index in [0.717, 1.165) is 13.0 Å². The standard InChI is InChI=1S/C14H16ClNO3/c15-12-6-2-1-5-11(12)13(17)9-16-7-3-4-10(8-16)14(18)19/h1-2,5-6,10H,3-4,7-9H2,(H,18,19). The van der Waals surface area contributed by atoms with Crippen molar-refractivity contribution in [2.45, 2.75) is 12.8 Å². The lowest BCUT2D eigenvalue weighted by molar-refractivity contribution is -0.143. The second-order valence-electron chi connectivity index (χ2n) is 4.82. The highest BCUT2D eigenvalue weighted by Crippen LogP contribution is 2.19. The zero-order chi connectivity index (χ0) is 13.8. The van der Waals surface area contributed by atoms with Gasteiger partial charge in [0.25, 0.3) is 0 Å². The number of hydrogen-bond donors (Lipinski definition) is 1. The van der Waals surface area contributed by atoms with E-state index >= 15 is 0 Å². The van der Waals surface area contributed by atoms with Crippen LogP contribution in [0.5, 0.6) is 0 Å². The van der Waals surface area contributed by atoms with Crippen molar-refractivity contribution >= 4 is 23.4 Å². The summed E-state index contributed by atoms with van der Waals surface area (Å²) < 4.78 is 0. The number of Topliss-reactive ketones (excluding diaryl/α,β-unsaturated/α-hetero) is 1. The summed E-state index contributed by atoms with van der Waals surface area (Å²) in [6.45, 7) is 1.43. The molecule has 0 aromatic heterocycles. The first-order valence-electron chi connectivity index (χ1n) is 6.31. The van der Waals surface area contributed by atoms with Crippen LogP contribution in [0.3, 0.4) is 0 Å². The Kier molecular flexibility index (Phi) is 4.56. The van der Waals surface area contributed by atoms with Crippen LogP contribution in [0.1, 0.15) is 23.2 Å². The average molecular weight is 282 g/mol. The molecule has 102 valence electrons. The number of rotatable bonds is 4. The lowest BCUT2D eigenvalue weighted by atomic mass is 9.98. The van der Waals surface area contributed by atoms with Crippen LogP contribution in [-0.2, 0) is 4.79 Å². The molecule has 0 amide bonds. The topological polar surface area (TPSA) is 57.6 Å². The van der Waals surface area contributed by atoms with Crippen molar-refractivity contribution in [3.63, 3.8) is 0 Å². The Morgan fingerprint density at radius 2 is 2.11 bits per heavy atom. The van der Waals surface area contributed by atoms with Crippen LogP contribution >= 0.6 is 11.6 Å². The number of halogens is 1. The normalized spacial score (nSPS) is 20.2. The Hall–Kier alpha value is -1.39. The van der Waals surface area contributed by atoms with E-state index in [1.807, 2.05) is 4.90 Å². The summed E-state index contributed by atoms with van der Waals surface area (Å²) in [4.78, 5) is 25.0. The van der Waals surface area contributed by atoms with Gasteiger partial charge in [0.2, 0.25) is 0 Å². The van der Waals surface area contributed by atoms with Crippen LogP contribution in [0.2, 0.25) is 5.02 Å². The summed E-state index contributed by atoms with van der Waals surface area (Å²) in [5.41, 5.74) is 0.501.